The van der Waals surface area contributed by atoms with E-state index < -0.39 is 0 Å². The number of thiazole rings is 1. The number of amides is 1. The van der Waals surface area contributed by atoms with Crippen LogP contribution in [0.3, 0.4) is 0 Å². The van der Waals surface area contributed by atoms with Gasteiger partial charge < -0.3 is 4.90 Å². The summed E-state index contributed by atoms with van der Waals surface area (Å²) in [5.74, 6) is 0.208. The highest BCUT2D eigenvalue weighted by Gasteiger charge is 2.09. The van der Waals surface area contributed by atoms with Crippen LogP contribution in [0.15, 0.2) is 29.1 Å². The van der Waals surface area contributed by atoms with Crippen molar-refractivity contribution in [2.75, 3.05) is 13.6 Å². The lowest BCUT2D eigenvalue weighted by atomic mass is 10.2. The number of aromatic nitrogens is 1. The number of hydrogen-bond acceptors (Lipinski definition) is 4. The molecule has 18 heavy (non-hydrogen) atoms. The molecule has 0 atom stereocenters. The van der Waals surface area contributed by atoms with Crippen molar-refractivity contribution in [3.8, 4) is 0 Å². The maximum Gasteiger partial charge on any atom is 0.222 e. The van der Waals surface area contributed by atoms with E-state index in [1.165, 1.54) is 4.88 Å². The van der Waals surface area contributed by atoms with Crippen LogP contribution in [0.5, 0.6) is 0 Å². The highest BCUT2D eigenvalue weighted by Crippen LogP contribution is 2.12. The van der Waals surface area contributed by atoms with Gasteiger partial charge in [0.1, 0.15) is 0 Å². The largest absolute Gasteiger partial charge is 0.345 e. The van der Waals surface area contributed by atoms with Crippen molar-refractivity contribution in [2.24, 2.45) is 0 Å². The Hall–Kier alpha value is -1.20. The van der Waals surface area contributed by atoms with Crippen LogP contribution in [0.2, 0.25) is 0 Å². The first-order valence-electron chi connectivity index (χ1n) is 5.90. The van der Waals surface area contributed by atoms with Gasteiger partial charge in [0.2, 0.25) is 5.91 Å². The molecule has 5 heteroatoms. The zero-order valence-corrected chi connectivity index (χ0v) is 12.0. The number of carbonyl (C=O) groups excluding carboxylic acids is 1. The van der Waals surface area contributed by atoms with Gasteiger partial charge in [-0.1, -0.05) is 6.07 Å². The highest BCUT2D eigenvalue weighted by molar-refractivity contribution is 7.10. The van der Waals surface area contributed by atoms with Gasteiger partial charge in [-0.05, 0) is 17.9 Å². The third-order valence-corrected chi connectivity index (χ3v) is 4.51. The second-order valence-corrected chi connectivity index (χ2v) is 6.08. The molecule has 0 aliphatic carbocycles. The molecule has 0 bridgehead atoms. The van der Waals surface area contributed by atoms with Crippen LogP contribution in [0, 0.1) is 0 Å². The van der Waals surface area contributed by atoms with Crippen LogP contribution in [0.4, 0.5) is 0 Å². The monoisotopic (exact) mass is 280 g/mol. The fraction of sp³-hybridized carbons (Fsp3) is 0.385. The molecule has 0 unspecified atom stereocenters. The summed E-state index contributed by atoms with van der Waals surface area (Å²) in [6.07, 6.45) is 4.09. The van der Waals surface area contributed by atoms with Crippen LogP contribution in [-0.4, -0.2) is 29.4 Å². The summed E-state index contributed by atoms with van der Waals surface area (Å²) < 4.78 is 0. The Morgan fingerprint density at radius 2 is 2.22 bits per heavy atom. The fourth-order valence-electron chi connectivity index (χ4n) is 1.64. The molecule has 0 spiro atoms. The fourth-order valence-corrected chi connectivity index (χ4v) is 2.96. The van der Waals surface area contributed by atoms with Crippen molar-refractivity contribution in [3.63, 3.8) is 0 Å². The molecule has 2 rings (SSSR count). The molecule has 3 nitrogen and oxygen atoms in total. The van der Waals surface area contributed by atoms with E-state index in [0.717, 1.165) is 24.4 Å². The Morgan fingerprint density at radius 1 is 1.33 bits per heavy atom. The average Bonchev–Trinajstić information content (AvgIpc) is 3.05. The van der Waals surface area contributed by atoms with Crippen molar-refractivity contribution in [1.82, 2.24) is 9.88 Å². The molecule has 0 saturated carbocycles. The molecule has 0 N–H and O–H groups in total. The van der Waals surface area contributed by atoms with Gasteiger partial charge in [0.15, 0.2) is 0 Å². The Labute approximate surface area is 115 Å². The van der Waals surface area contributed by atoms with E-state index in [9.17, 15) is 4.79 Å². The molecule has 0 aliphatic rings. The molecule has 2 aromatic rings. The molecule has 96 valence electrons. The number of nitrogens with zero attached hydrogens (tertiary/aromatic N) is 2. The predicted molar refractivity (Wildman–Crippen MR) is 76.1 cm³/mol. The van der Waals surface area contributed by atoms with E-state index in [2.05, 4.69) is 11.1 Å². The zero-order valence-electron chi connectivity index (χ0n) is 10.3. The number of carbonyl (C=O) groups is 1. The summed E-state index contributed by atoms with van der Waals surface area (Å²) in [4.78, 5) is 19.2. The third kappa shape index (κ3) is 3.92. The van der Waals surface area contributed by atoms with Crippen LogP contribution >= 0.6 is 22.7 Å². The van der Waals surface area contributed by atoms with Crippen molar-refractivity contribution < 1.29 is 4.79 Å². The molecule has 0 aliphatic heterocycles. The van der Waals surface area contributed by atoms with Gasteiger partial charge >= 0.3 is 0 Å². The second-order valence-electron chi connectivity index (χ2n) is 4.07. The normalized spacial score (nSPS) is 10.5. The summed E-state index contributed by atoms with van der Waals surface area (Å²) in [5.41, 5.74) is 0. The Kier molecular flexibility index (Phi) is 4.90. The summed E-state index contributed by atoms with van der Waals surface area (Å²) >= 11 is 3.35. The van der Waals surface area contributed by atoms with E-state index in [0.29, 0.717) is 6.42 Å². The van der Waals surface area contributed by atoms with Crippen molar-refractivity contribution >= 4 is 28.6 Å². The van der Waals surface area contributed by atoms with Gasteiger partial charge in [0, 0.05) is 42.9 Å². The van der Waals surface area contributed by atoms with Crippen LogP contribution < -0.4 is 0 Å². The molecule has 0 fully saturated rings. The second kappa shape index (κ2) is 6.66. The Morgan fingerprint density at radius 3 is 2.89 bits per heavy atom. The van der Waals surface area contributed by atoms with Gasteiger partial charge in [-0.15, -0.1) is 22.7 Å². The van der Waals surface area contributed by atoms with Crippen molar-refractivity contribution in [2.45, 2.75) is 19.3 Å². The molecule has 1 amide bonds. The molecular formula is C13H16N2OS2. The third-order valence-electron chi connectivity index (χ3n) is 2.74. The maximum atomic E-state index is 11.9. The molecule has 0 radical (unpaired) electrons. The first kappa shape index (κ1) is 13.2. The van der Waals surface area contributed by atoms with Gasteiger partial charge in [-0.3, -0.25) is 4.79 Å². The quantitative estimate of drug-likeness (QED) is 0.815. The summed E-state index contributed by atoms with van der Waals surface area (Å²) in [7, 11) is 1.87. The molecule has 0 saturated heterocycles. The minimum absolute atomic E-state index is 0.208. The minimum Gasteiger partial charge on any atom is -0.345 e. The first-order chi connectivity index (χ1) is 8.75. The average molecular weight is 280 g/mol. The summed E-state index contributed by atoms with van der Waals surface area (Å²) in [5, 5.41) is 5.10. The van der Waals surface area contributed by atoms with Gasteiger partial charge in [-0.25, -0.2) is 4.98 Å². The molecular weight excluding hydrogens is 264 g/mol. The van der Waals surface area contributed by atoms with Crippen molar-refractivity contribution in [1.29, 1.82) is 0 Å². The lowest BCUT2D eigenvalue weighted by Gasteiger charge is -2.16. The van der Waals surface area contributed by atoms with Gasteiger partial charge in [0.25, 0.3) is 0 Å². The first-order valence-corrected chi connectivity index (χ1v) is 7.66. The summed E-state index contributed by atoms with van der Waals surface area (Å²) in [6, 6.07) is 4.10. The number of thiophene rings is 1. The van der Waals surface area contributed by atoms with E-state index in [1.54, 1.807) is 33.8 Å². The lowest BCUT2D eigenvalue weighted by molar-refractivity contribution is -0.129. The Balaban J connectivity index is 1.71. The summed E-state index contributed by atoms with van der Waals surface area (Å²) in [6.45, 7) is 0.747. The minimum atomic E-state index is 0.208. The maximum absolute atomic E-state index is 11.9. The van der Waals surface area contributed by atoms with Crippen molar-refractivity contribution in [3.05, 3.63) is 39.0 Å². The Bertz CT molecular complexity index is 465. The number of aryl methyl sites for hydroxylation is 1. The standard InChI is InChI=1S/C13H16N2OS2/c1-15(8-6-12-14-7-10-18-12)13(16)5-4-11-3-2-9-17-11/h2-3,7,9-10H,4-6,8H2,1H3. The van der Waals surface area contributed by atoms with Crippen LogP contribution in [-0.2, 0) is 17.6 Å². The van der Waals surface area contributed by atoms with E-state index >= 15 is 0 Å². The zero-order chi connectivity index (χ0) is 12.8. The van der Waals surface area contributed by atoms with E-state index in [-0.39, 0.29) is 5.91 Å². The predicted octanol–water partition coefficient (Wildman–Crippen LogP) is 2.84. The lowest BCUT2D eigenvalue weighted by Crippen LogP contribution is -2.28. The number of likely N-dealkylation sites (N-methyl/N-ethyl adjacent to an activating group) is 1. The highest BCUT2D eigenvalue weighted by atomic mass is 32.1. The van der Waals surface area contributed by atoms with Crippen LogP contribution in [0.25, 0.3) is 0 Å². The van der Waals surface area contributed by atoms with E-state index in [1.807, 2.05) is 23.9 Å². The van der Waals surface area contributed by atoms with E-state index in [4.69, 9.17) is 0 Å². The van der Waals surface area contributed by atoms with Crippen LogP contribution in [0.1, 0.15) is 16.3 Å². The molecule has 0 aromatic carbocycles. The van der Waals surface area contributed by atoms with Gasteiger partial charge in [0.05, 0.1) is 5.01 Å². The topological polar surface area (TPSA) is 33.2 Å². The molecule has 2 aromatic heterocycles. The molecule has 2 heterocycles. The van der Waals surface area contributed by atoms with Gasteiger partial charge in [-0.2, -0.15) is 0 Å². The number of rotatable bonds is 6. The number of hydrogen-bond donors (Lipinski definition) is 0. The smallest absolute Gasteiger partial charge is 0.222 e. The SMILES string of the molecule is CN(CCc1nccs1)C(=O)CCc1cccs1.